The fourth-order valence-electron chi connectivity index (χ4n) is 3.42. The van der Waals surface area contributed by atoms with Gasteiger partial charge in [0.2, 0.25) is 0 Å². The van der Waals surface area contributed by atoms with Crippen molar-refractivity contribution >= 4 is 0 Å². The summed E-state index contributed by atoms with van der Waals surface area (Å²) in [6.07, 6.45) is 8.44. The van der Waals surface area contributed by atoms with E-state index in [9.17, 15) is 0 Å². The second kappa shape index (κ2) is 5.50. The maximum atomic E-state index is 3.47. The maximum Gasteiger partial charge on any atom is 0.0155 e. The van der Waals surface area contributed by atoms with Crippen molar-refractivity contribution in [3.8, 4) is 0 Å². The van der Waals surface area contributed by atoms with E-state index in [1.54, 1.807) is 0 Å². The minimum absolute atomic E-state index is 0.433. The van der Waals surface area contributed by atoms with Crippen LogP contribution in [0.25, 0.3) is 0 Å². The molecule has 2 heteroatoms. The van der Waals surface area contributed by atoms with Crippen molar-refractivity contribution < 1.29 is 0 Å². The molecule has 0 amide bonds. The van der Waals surface area contributed by atoms with Crippen LogP contribution in [0.4, 0.5) is 0 Å². The van der Waals surface area contributed by atoms with Gasteiger partial charge in [-0.05, 0) is 78.0 Å². The van der Waals surface area contributed by atoms with E-state index in [1.165, 1.54) is 64.7 Å². The standard InChI is InChI=1S/C14H28N2/c1-14(2,16-10-4-3-5-11-16)12-13-6-8-15-9-7-13/h13,15H,3-12H2,1-2H3. The molecule has 0 atom stereocenters. The molecule has 2 rings (SSSR count). The lowest BCUT2D eigenvalue weighted by molar-refractivity contribution is 0.0680. The molecule has 2 nitrogen and oxygen atoms in total. The van der Waals surface area contributed by atoms with Crippen LogP contribution in [0.2, 0.25) is 0 Å². The predicted molar refractivity (Wildman–Crippen MR) is 69.7 cm³/mol. The molecule has 0 saturated carbocycles. The first-order valence-corrected chi connectivity index (χ1v) is 7.14. The first-order chi connectivity index (χ1) is 7.68. The molecule has 0 unspecified atom stereocenters. The van der Waals surface area contributed by atoms with Crippen LogP contribution in [0.15, 0.2) is 0 Å². The Hall–Kier alpha value is -0.0800. The average molecular weight is 224 g/mol. The molecule has 0 aromatic rings. The Bertz CT molecular complexity index is 201. The van der Waals surface area contributed by atoms with Gasteiger partial charge >= 0.3 is 0 Å². The minimum atomic E-state index is 0.433. The average Bonchev–Trinajstić information content (AvgIpc) is 2.31. The molecule has 0 aromatic carbocycles. The molecule has 0 radical (unpaired) electrons. The van der Waals surface area contributed by atoms with Gasteiger partial charge in [-0.3, -0.25) is 4.90 Å². The molecule has 0 bridgehead atoms. The minimum Gasteiger partial charge on any atom is -0.317 e. The fourth-order valence-corrected chi connectivity index (χ4v) is 3.42. The molecule has 2 aliphatic rings. The SMILES string of the molecule is CC(C)(CC1CCNCC1)N1CCCCC1. The third kappa shape index (κ3) is 3.21. The van der Waals surface area contributed by atoms with Gasteiger partial charge in [-0.1, -0.05) is 6.42 Å². The van der Waals surface area contributed by atoms with Gasteiger partial charge < -0.3 is 5.32 Å². The van der Waals surface area contributed by atoms with Gasteiger partial charge in [-0.15, -0.1) is 0 Å². The van der Waals surface area contributed by atoms with Gasteiger partial charge in [0.15, 0.2) is 0 Å². The summed E-state index contributed by atoms with van der Waals surface area (Å²) in [5, 5.41) is 3.47. The number of hydrogen-bond acceptors (Lipinski definition) is 2. The number of nitrogens with zero attached hydrogens (tertiary/aromatic N) is 1. The Kier molecular flexibility index (Phi) is 4.26. The van der Waals surface area contributed by atoms with Crippen LogP contribution in [0.3, 0.4) is 0 Å². The van der Waals surface area contributed by atoms with Crippen molar-refractivity contribution in [2.24, 2.45) is 5.92 Å². The number of hydrogen-bond donors (Lipinski definition) is 1. The summed E-state index contributed by atoms with van der Waals surface area (Å²) in [6, 6.07) is 0. The molecule has 2 heterocycles. The molecule has 16 heavy (non-hydrogen) atoms. The van der Waals surface area contributed by atoms with Crippen LogP contribution in [0.5, 0.6) is 0 Å². The highest BCUT2D eigenvalue weighted by molar-refractivity contribution is 4.87. The predicted octanol–water partition coefficient (Wildman–Crippen LogP) is 2.64. The van der Waals surface area contributed by atoms with Gasteiger partial charge in [0.25, 0.3) is 0 Å². The van der Waals surface area contributed by atoms with E-state index in [2.05, 4.69) is 24.1 Å². The normalized spacial score (nSPS) is 25.9. The van der Waals surface area contributed by atoms with E-state index in [4.69, 9.17) is 0 Å². The van der Waals surface area contributed by atoms with Crippen molar-refractivity contribution in [3.63, 3.8) is 0 Å². The summed E-state index contributed by atoms with van der Waals surface area (Å²) in [7, 11) is 0. The van der Waals surface area contributed by atoms with Crippen LogP contribution in [0.1, 0.15) is 52.4 Å². The molecule has 2 fully saturated rings. The van der Waals surface area contributed by atoms with Gasteiger partial charge in [0, 0.05) is 5.54 Å². The lowest BCUT2D eigenvalue weighted by Gasteiger charge is -2.43. The summed E-state index contributed by atoms with van der Waals surface area (Å²) < 4.78 is 0. The molecule has 2 saturated heterocycles. The smallest absolute Gasteiger partial charge is 0.0155 e. The lowest BCUT2D eigenvalue weighted by atomic mass is 9.83. The molecular formula is C14H28N2. The largest absolute Gasteiger partial charge is 0.317 e. The highest BCUT2D eigenvalue weighted by Gasteiger charge is 2.30. The third-order valence-electron chi connectivity index (χ3n) is 4.46. The first kappa shape index (κ1) is 12.4. The Labute approximate surface area is 101 Å². The van der Waals surface area contributed by atoms with Crippen LogP contribution in [-0.2, 0) is 0 Å². The highest BCUT2D eigenvalue weighted by atomic mass is 15.2. The molecular weight excluding hydrogens is 196 g/mol. The second-order valence-electron chi connectivity index (χ2n) is 6.26. The van der Waals surface area contributed by atoms with Crippen molar-refractivity contribution in [1.82, 2.24) is 10.2 Å². The Morgan fingerprint density at radius 3 is 2.31 bits per heavy atom. The topological polar surface area (TPSA) is 15.3 Å². The van der Waals surface area contributed by atoms with Crippen molar-refractivity contribution in [2.75, 3.05) is 26.2 Å². The van der Waals surface area contributed by atoms with E-state index in [0.29, 0.717) is 5.54 Å². The fraction of sp³-hybridized carbons (Fsp3) is 1.00. The molecule has 1 N–H and O–H groups in total. The Morgan fingerprint density at radius 1 is 1.06 bits per heavy atom. The molecule has 94 valence electrons. The summed E-state index contributed by atoms with van der Waals surface area (Å²) in [4.78, 5) is 2.73. The zero-order chi connectivity index (χ0) is 11.4. The Morgan fingerprint density at radius 2 is 1.69 bits per heavy atom. The number of nitrogens with one attached hydrogen (secondary N) is 1. The maximum absolute atomic E-state index is 3.47. The van der Waals surface area contributed by atoms with E-state index in [1.807, 2.05) is 0 Å². The molecule has 2 aliphatic heterocycles. The van der Waals surface area contributed by atoms with Crippen LogP contribution in [-0.4, -0.2) is 36.6 Å². The summed E-state index contributed by atoms with van der Waals surface area (Å²) >= 11 is 0. The lowest BCUT2D eigenvalue weighted by Crippen LogP contribution is -2.48. The van der Waals surface area contributed by atoms with Gasteiger partial charge in [0.1, 0.15) is 0 Å². The van der Waals surface area contributed by atoms with E-state index in [-0.39, 0.29) is 0 Å². The van der Waals surface area contributed by atoms with Crippen LogP contribution < -0.4 is 5.32 Å². The number of rotatable bonds is 3. The summed E-state index contributed by atoms with van der Waals surface area (Å²) in [5.74, 6) is 0.957. The van der Waals surface area contributed by atoms with Gasteiger partial charge in [-0.25, -0.2) is 0 Å². The van der Waals surface area contributed by atoms with E-state index >= 15 is 0 Å². The van der Waals surface area contributed by atoms with Crippen molar-refractivity contribution in [2.45, 2.75) is 57.9 Å². The number of piperidine rings is 2. The zero-order valence-corrected chi connectivity index (χ0v) is 11.1. The molecule has 0 spiro atoms. The van der Waals surface area contributed by atoms with Crippen LogP contribution >= 0.6 is 0 Å². The van der Waals surface area contributed by atoms with E-state index < -0.39 is 0 Å². The third-order valence-corrected chi connectivity index (χ3v) is 4.46. The van der Waals surface area contributed by atoms with Gasteiger partial charge in [-0.2, -0.15) is 0 Å². The van der Waals surface area contributed by atoms with Crippen molar-refractivity contribution in [1.29, 1.82) is 0 Å². The Balaban J connectivity index is 1.84. The van der Waals surface area contributed by atoms with Gasteiger partial charge in [0.05, 0.1) is 0 Å². The molecule has 0 aromatic heterocycles. The van der Waals surface area contributed by atoms with Crippen LogP contribution in [0, 0.1) is 5.92 Å². The van der Waals surface area contributed by atoms with E-state index in [0.717, 1.165) is 5.92 Å². The summed E-state index contributed by atoms with van der Waals surface area (Å²) in [5.41, 5.74) is 0.433. The van der Waals surface area contributed by atoms with Crippen molar-refractivity contribution in [3.05, 3.63) is 0 Å². The highest BCUT2D eigenvalue weighted by Crippen LogP contribution is 2.30. The number of likely N-dealkylation sites (tertiary alicyclic amines) is 1. The monoisotopic (exact) mass is 224 g/mol. The first-order valence-electron chi connectivity index (χ1n) is 7.14. The molecule has 0 aliphatic carbocycles. The second-order valence-corrected chi connectivity index (χ2v) is 6.26. The summed E-state index contributed by atoms with van der Waals surface area (Å²) in [6.45, 7) is 10.1. The quantitative estimate of drug-likeness (QED) is 0.793. The zero-order valence-electron chi connectivity index (χ0n) is 11.1.